The number of carbonyl (C=O) groups is 1. The molecule has 1 aromatic heterocycles. The molecule has 0 bridgehead atoms. The molecule has 0 aliphatic rings. The van der Waals surface area contributed by atoms with Gasteiger partial charge in [-0.3, -0.25) is 4.79 Å². The van der Waals surface area contributed by atoms with Crippen LogP contribution in [0.5, 0.6) is 0 Å². The van der Waals surface area contributed by atoms with Crippen LogP contribution in [0.4, 0.5) is 5.69 Å². The maximum Gasteiger partial charge on any atom is 0.270 e. The van der Waals surface area contributed by atoms with Gasteiger partial charge in [0.1, 0.15) is 5.69 Å². The second-order valence-corrected chi connectivity index (χ2v) is 5.44. The van der Waals surface area contributed by atoms with Gasteiger partial charge in [-0.1, -0.05) is 13.8 Å². The van der Waals surface area contributed by atoms with E-state index in [1.54, 1.807) is 4.90 Å². The van der Waals surface area contributed by atoms with Crippen molar-refractivity contribution in [2.75, 3.05) is 19.3 Å². The Balaban J connectivity index is 2.16. The second-order valence-electron chi connectivity index (χ2n) is 5.44. The zero-order valence-corrected chi connectivity index (χ0v) is 11.7. The SMILES string of the molecule is CC(C)CCN(C)C(=O)c1cc2cc(N)ccc2[nH]1. The lowest BCUT2D eigenvalue weighted by atomic mass is 10.1. The van der Waals surface area contributed by atoms with Crippen LogP contribution >= 0.6 is 0 Å². The fourth-order valence-electron chi connectivity index (χ4n) is 2.03. The molecule has 2 aromatic rings. The Bertz CT molecular complexity index is 586. The first-order valence-electron chi connectivity index (χ1n) is 6.61. The molecule has 2 rings (SSSR count). The summed E-state index contributed by atoms with van der Waals surface area (Å²) in [5, 5.41) is 0.973. The van der Waals surface area contributed by atoms with Gasteiger partial charge in [0.05, 0.1) is 0 Å². The zero-order chi connectivity index (χ0) is 14.0. The molecule has 0 unspecified atom stereocenters. The van der Waals surface area contributed by atoms with E-state index in [9.17, 15) is 4.79 Å². The summed E-state index contributed by atoms with van der Waals surface area (Å²) in [5.41, 5.74) is 8.00. The third-order valence-corrected chi connectivity index (χ3v) is 3.26. The van der Waals surface area contributed by atoms with E-state index in [-0.39, 0.29) is 5.91 Å². The number of hydrogen-bond acceptors (Lipinski definition) is 2. The van der Waals surface area contributed by atoms with Gasteiger partial charge in [0.15, 0.2) is 0 Å². The number of anilines is 1. The standard InChI is InChI=1S/C15H21N3O/c1-10(2)6-7-18(3)15(19)14-9-11-8-12(16)4-5-13(11)17-14/h4-5,8-10,17H,6-7,16H2,1-3H3. The number of carbonyl (C=O) groups excluding carboxylic acids is 1. The van der Waals surface area contributed by atoms with Crippen molar-refractivity contribution in [3.8, 4) is 0 Å². The number of nitrogens with one attached hydrogen (secondary N) is 1. The Morgan fingerprint density at radius 1 is 1.37 bits per heavy atom. The van der Waals surface area contributed by atoms with Gasteiger partial charge in [-0.2, -0.15) is 0 Å². The average molecular weight is 259 g/mol. The van der Waals surface area contributed by atoms with Gasteiger partial charge in [0.25, 0.3) is 5.91 Å². The molecule has 1 aromatic carbocycles. The molecule has 4 nitrogen and oxygen atoms in total. The van der Waals surface area contributed by atoms with Crippen molar-refractivity contribution in [1.82, 2.24) is 9.88 Å². The number of benzene rings is 1. The monoisotopic (exact) mass is 259 g/mol. The molecule has 1 amide bonds. The summed E-state index contributed by atoms with van der Waals surface area (Å²) in [6, 6.07) is 7.46. The van der Waals surface area contributed by atoms with Crippen LogP contribution in [0.3, 0.4) is 0 Å². The van der Waals surface area contributed by atoms with Crippen molar-refractivity contribution in [3.05, 3.63) is 30.0 Å². The van der Waals surface area contributed by atoms with Crippen molar-refractivity contribution in [3.63, 3.8) is 0 Å². The summed E-state index contributed by atoms with van der Waals surface area (Å²) < 4.78 is 0. The predicted molar refractivity (Wildman–Crippen MR) is 79.1 cm³/mol. The third kappa shape index (κ3) is 3.08. The van der Waals surface area contributed by atoms with Crippen LogP contribution in [0.1, 0.15) is 30.8 Å². The molecule has 19 heavy (non-hydrogen) atoms. The van der Waals surface area contributed by atoms with Crippen LogP contribution in [0, 0.1) is 5.92 Å². The third-order valence-electron chi connectivity index (χ3n) is 3.26. The van der Waals surface area contributed by atoms with Crippen molar-refractivity contribution in [2.45, 2.75) is 20.3 Å². The van der Waals surface area contributed by atoms with E-state index in [0.29, 0.717) is 17.3 Å². The Kier molecular flexibility index (Phi) is 3.79. The number of nitrogens with two attached hydrogens (primary N) is 1. The van der Waals surface area contributed by atoms with Crippen LogP contribution in [0.2, 0.25) is 0 Å². The van der Waals surface area contributed by atoms with Crippen LogP contribution in [-0.4, -0.2) is 29.4 Å². The lowest BCUT2D eigenvalue weighted by molar-refractivity contribution is 0.0784. The first-order valence-corrected chi connectivity index (χ1v) is 6.61. The molecule has 0 saturated carbocycles. The van der Waals surface area contributed by atoms with E-state index in [1.165, 1.54) is 0 Å². The Labute approximate surface area is 113 Å². The molecule has 0 spiro atoms. The van der Waals surface area contributed by atoms with E-state index >= 15 is 0 Å². The van der Waals surface area contributed by atoms with Gasteiger partial charge < -0.3 is 15.6 Å². The second kappa shape index (κ2) is 5.34. The topological polar surface area (TPSA) is 62.1 Å². The van der Waals surface area contributed by atoms with E-state index in [1.807, 2.05) is 31.3 Å². The maximum atomic E-state index is 12.3. The van der Waals surface area contributed by atoms with E-state index in [0.717, 1.165) is 23.9 Å². The predicted octanol–water partition coefficient (Wildman–Crippen LogP) is 2.87. The normalized spacial score (nSPS) is 11.2. The summed E-state index contributed by atoms with van der Waals surface area (Å²) in [6.45, 7) is 5.09. The summed E-state index contributed by atoms with van der Waals surface area (Å²) in [7, 11) is 1.84. The summed E-state index contributed by atoms with van der Waals surface area (Å²) in [5.74, 6) is 0.619. The van der Waals surface area contributed by atoms with Gasteiger partial charge in [0.2, 0.25) is 0 Å². The van der Waals surface area contributed by atoms with Gasteiger partial charge in [-0.15, -0.1) is 0 Å². The van der Waals surface area contributed by atoms with E-state index in [2.05, 4.69) is 18.8 Å². The first-order chi connectivity index (χ1) is 8.97. The molecule has 4 heteroatoms. The maximum absolute atomic E-state index is 12.3. The smallest absolute Gasteiger partial charge is 0.270 e. The molecule has 1 heterocycles. The highest BCUT2D eigenvalue weighted by Gasteiger charge is 2.14. The molecular formula is C15H21N3O. The van der Waals surface area contributed by atoms with Gasteiger partial charge >= 0.3 is 0 Å². The molecule has 3 N–H and O–H groups in total. The number of nitrogens with zero attached hydrogens (tertiary/aromatic N) is 1. The fourth-order valence-corrected chi connectivity index (χ4v) is 2.03. The minimum Gasteiger partial charge on any atom is -0.399 e. The number of amides is 1. The van der Waals surface area contributed by atoms with Crippen LogP contribution in [-0.2, 0) is 0 Å². The highest BCUT2D eigenvalue weighted by atomic mass is 16.2. The fraction of sp³-hybridized carbons (Fsp3) is 0.400. The highest BCUT2D eigenvalue weighted by Crippen LogP contribution is 2.19. The molecule has 0 fully saturated rings. The van der Waals surface area contributed by atoms with E-state index < -0.39 is 0 Å². The molecule has 0 saturated heterocycles. The van der Waals surface area contributed by atoms with Crippen molar-refractivity contribution >= 4 is 22.5 Å². The molecule has 102 valence electrons. The minimum atomic E-state index is 0.0235. The van der Waals surface area contributed by atoms with Crippen LogP contribution < -0.4 is 5.73 Å². The number of rotatable bonds is 4. The number of aromatic amines is 1. The number of H-pyrrole nitrogens is 1. The Morgan fingerprint density at radius 3 is 2.79 bits per heavy atom. The summed E-state index contributed by atoms with van der Waals surface area (Å²) in [4.78, 5) is 17.2. The average Bonchev–Trinajstić information content (AvgIpc) is 2.77. The van der Waals surface area contributed by atoms with Gasteiger partial charge in [-0.05, 0) is 36.6 Å². The Hall–Kier alpha value is -1.97. The minimum absolute atomic E-state index is 0.0235. The highest BCUT2D eigenvalue weighted by molar-refractivity contribution is 5.98. The zero-order valence-electron chi connectivity index (χ0n) is 11.7. The lowest BCUT2D eigenvalue weighted by Crippen LogP contribution is -2.28. The Morgan fingerprint density at radius 2 is 2.11 bits per heavy atom. The van der Waals surface area contributed by atoms with Crippen molar-refractivity contribution in [1.29, 1.82) is 0 Å². The number of hydrogen-bond donors (Lipinski definition) is 2. The van der Waals surface area contributed by atoms with Crippen molar-refractivity contribution in [2.24, 2.45) is 5.92 Å². The lowest BCUT2D eigenvalue weighted by Gasteiger charge is -2.17. The number of fused-ring (bicyclic) bond motifs is 1. The van der Waals surface area contributed by atoms with E-state index in [4.69, 9.17) is 5.73 Å². The molecular weight excluding hydrogens is 238 g/mol. The summed E-state index contributed by atoms with van der Waals surface area (Å²) >= 11 is 0. The van der Waals surface area contributed by atoms with Crippen LogP contribution in [0.25, 0.3) is 10.9 Å². The van der Waals surface area contributed by atoms with Gasteiger partial charge in [-0.25, -0.2) is 0 Å². The van der Waals surface area contributed by atoms with Crippen LogP contribution in [0.15, 0.2) is 24.3 Å². The van der Waals surface area contributed by atoms with Gasteiger partial charge in [0, 0.05) is 30.2 Å². The number of aromatic nitrogens is 1. The molecule has 0 aliphatic carbocycles. The largest absolute Gasteiger partial charge is 0.399 e. The summed E-state index contributed by atoms with van der Waals surface area (Å²) in [6.07, 6.45) is 1.01. The molecule has 0 aliphatic heterocycles. The molecule has 0 radical (unpaired) electrons. The molecule has 0 atom stereocenters. The number of nitrogen functional groups attached to an aromatic ring is 1. The first kappa shape index (κ1) is 13.5. The van der Waals surface area contributed by atoms with Crippen molar-refractivity contribution < 1.29 is 4.79 Å². The quantitative estimate of drug-likeness (QED) is 0.829.